The fourth-order valence-electron chi connectivity index (χ4n) is 3.82. The lowest BCUT2D eigenvalue weighted by Crippen LogP contribution is -2.27. The molecule has 2 aromatic carbocycles. The van der Waals surface area contributed by atoms with Gasteiger partial charge in [0.15, 0.2) is 11.5 Å². The summed E-state index contributed by atoms with van der Waals surface area (Å²) < 4.78 is 24.9. The summed E-state index contributed by atoms with van der Waals surface area (Å²) in [5.74, 6) is 1.45. The second kappa shape index (κ2) is 6.86. The van der Waals surface area contributed by atoms with E-state index in [1.165, 1.54) is 17.0 Å². The highest BCUT2D eigenvalue weighted by atomic mass is 19.1. The predicted octanol–water partition coefficient (Wildman–Crippen LogP) is 3.88. The van der Waals surface area contributed by atoms with Crippen LogP contribution in [0.4, 0.5) is 9.18 Å². The van der Waals surface area contributed by atoms with Crippen LogP contribution in [0.5, 0.6) is 11.5 Å². The van der Waals surface area contributed by atoms with Gasteiger partial charge in [-0.1, -0.05) is 24.3 Å². The van der Waals surface area contributed by atoms with E-state index in [9.17, 15) is 14.3 Å². The third-order valence-electron chi connectivity index (χ3n) is 5.16. The standard InChI is InChI=1S/C20H20FNO4/c21-15-6-4-13(5-7-15)12-26-18-3-1-2-16-17-11-22(20(23)24)10-14(17)8-9-25-19(16)18/h1-7,14,17H,8-12H2,(H,23,24)/t14-,17-/m0/s1. The first-order valence-electron chi connectivity index (χ1n) is 8.72. The van der Waals surface area contributed by atoms with Crippen molar-refractivity contribution in [3.63, 3.8) is 0 Å². The summed E-state index contributed by atoms with van der Waals surface area (Å²) in [7, 11) is 0. The Morgan fingerprint density at radius 2 is 2.04 bits per heavy atom. The lowest BCUT2D eigenvalue weighted by atomic mass is 9.87. The van der Waals surface area contributed by atoms with Gasteiger partial charge in [-0.25, -0.2) is 9.18 Å². The molecule has 0 radical (unpaired) electrons. The normalized spacial score (nSPS) is 21.3. The van der Waals surface area contributed by atoms with Crippen LogP contribution in [0.25, 0.3) is 0 Å². The Morgan fingerprint density at radius 1 is 1.23 bits per heavy atom. The van der Waals surface area contributed by atoms with E-state index < -0.39 is 6.09 Å². The van der Waals surface area contributed by atoms with E-state index in [2.05, 4.69) is 0 Å². The highest BCUT2D eigenvalue weighted by molar-refractivity contribution is 5.66. The molecule has 0 saturated carbocycles. The predicted molar refractivity (Wildman–Crippen MR) is 93.1 cm³/mol. The van der Waals surface area contributed by atoms with Crippen LogP contribution < -0.4 is 9.47 Å². The first-order valence-corrected chi connectivity index (χ1v) is 8.72. The molecule has 0 spiro atoms. The van der Waals surface area contributed by atoms with Crippen molar-refractivity contribution in [2.75, 3.05) is 19.7 Å². The van der Waals surface area contributed by atoms with E-state index in [1.807, 2.05) is 18.2 Å². The smallest absolute Gasteiger partial charge is 0.407 e. The van der Waals surface area contributed by atoms with E-state index in [0.29, 0.717) is 37.8 Å². The van der Waals surface area contributed by atoms with Gasteiger partial charge in [0, 0.05) is 24.6 Å². The Balaban J connectivity index is 1.57. The fraction of sp³-hybridized carbons (Fsp3) is 0.350. The minimum Gasteiger partial charge on any atom is -0.489 e. The van der Waals surface area contributed by atoms with Crippen LogP contribution in [0.15, 0.2) is 42.5 Å². The second-order valence-corrected chi connectivity index (χ2v) is 6.78. The molecule has 26 heavy (non-hydrogen) atoms. The summed E-state index contributed by atoms with van der Waals surface area (Å²) in [5.41, 5.74) is 1.88. The SMILES string of the molecule is O=C(O)N1C[C@@H]2CCOc3c(OCc4ccc(F)cc4)cccc3[C@H]2C1. The number of para-hydroxylation sites is 1. The van der Waals surface area contributed by atoms with Crippen molar-refractivity contribution in [3.8, 4) is 11.5 Å². The molecule has 4 rings (SSSR count). The van der Waals surface area contributed by atoms with Crippen LogP contribution in [0.3, 0.4) is 0 Å². The molecule has 2 aliphatic rings. The lowest BCUT2D eigenvalue weighted by molar-refractivity contribution is 0.152. The number of benzene rings is 2. The quantitative estimate of drug-likeness (QED) is 0.906. The Labute approximate surface area is 151 Å². The van der Waals surface area contributed by atoms with Crippen molar-refractivity contribution in [2.24, 2.45) is 5.92 Å². The molecular formula is C20H20FNO4. The summed E-state index contributed by atoms with van der Waals surface area (Å²) in [4.78, 5) is 12.8. The molecule has 2 aromatic rings. The lowest BCUT2D eigenvalue weighted by Gasteiger charge is -2.18. The maximum atomic E-state index is 13.0. The Morgan fingerprint density at radius 3 is 2.81 bits per heavy atom. The van der Waals surface area contributed by atoms with Crippen LogP contribution in [0, 0.1) is 11.7 Å². The van der Waals surface area contributed by atoms with Gasteiger partial charge in [0.25, 0.3) is 0 Å². The maximum absolute atomic E-state index is 13.0. The number of halogens is 1. The van der Waals surface area contributed by atoms with Crippen molar-refractivity contribution in [1.29, 1.82) is 0 Å². The van der Waals surface area contributed by atoms with E-state index in [0.717, 1.165) is 17.5 Å². The van der Waals surface area contributed by atoms with Crippen molar-refractivity contribution in [1.82, 2.24) is 4.90 Å². The molecule has 1 amide bonds. The van der Waals surface area contributed by atoms with Crippen LogP contribution in [0.1, 0.15) is 23.5 Å². The zero-order valence-corrected chi connectivity index (χ0v) is 14.2. The molecule has 2 atom stereocenters. The molecule has 1 saturated heterocycles. The molecule has 2 heterocycles. The molecule has 0 bridgehead atoms. The number of carboxylic acid groups (broad SMARTS) is 1. The molecule has 2 aliphatic heterocycles. The van der Waals surface area contributed by atoms with Gasteiger partial charge in [0.05, 0.1) is 6.61 Å². The molecule has 1 N–H and O–H groups in total. The van der Waals surface area contributed by atoms with E-state index in [-0.39, 0.29) is 17.7 Å². The Hall–Kier alpha value is -2.76. The average Bonchev–Trinajstić information content (AvgIpc) is 2.98. The summed E-state index contributed by atoms with van der Waals surface area (Å²) in [6.45, 7) is 1.88. The second-order valence-electron chi connectivity index (χ2n) is 6.78. The zero-order chi connectivity index (χ0) is 18.1. The van der Waals surface area contributed by atoms with E-state index in [4.69, 9.17) is 9.47 Å². The number of fused-ring (bicyclic) bond motifs is 3. The maximum Gasteiger partial charge on any atom is 0.407 e. The van der Waals surface area contributed by atoms with Crippen molar-refractivity contribution in [3.05, 3.63) is 59.4 Å². The third-order valence-corrected chi connectivity index (χ3v) is 5.16. The van der Waals surface area contributed by atoms with Gasteiger partial charge in [-0.2, -0.15) is 0 Å². The van der Waals surface area contributed by atoms with Crippen LogP contribution in [-0.4, -0.2) is 35.8 Å². The van der Waals surface area contributed by atoms with Crippen molar-refractivity contribution >= 4 is 6.09 Å². The van der Waals surface area contributed by atoms with Gasteiger partial charge in [0.1, 0.15) is 12.4 Å². The van der Waals surface area contributed by atoms with Crippen molar-refractivity contribution in [2.45, 2.75) is 18.9 Å². The van der Waals surface area contributed by atoms with Crippen LogP contribution >= 0.6 is 0 Å². The number of hydrogen-bond donors (Lipinski definition) is 1. The first kappa shape index (κ1) is 16.7. The summed E-state index contributed by atoms with van der Waals surface area (Å²) in [5, 5.41) is 9.31. The number of likely N-dealkylation sites (tertiary alicyclic amines) is 1. The highest BCUT2D eigenvalue weighted by Gasteiger charge is 2.39. The minimum absolute atomic E-state index is 0.123. The largest absolute Gasteiger partial charge is 0.489 e. The van der Waals surface area contributed by atoms with Gasteiger partial charge in [-0.3, -0.25) is 0 Å². The molecule has 0 aromatic heterocycles. The summed E-state index contributed by atoms with van der Waals surface area (Å²) in [6, 6.07) is 12.0. The molecule has 1 fully saturated rings. The topological polar surface area (TPSA) is 59.0 Å². The number of ether oxygens (including phenoxy) is 2. The minimum atomic E-state index is -0.871. The van der Waals surface area contributed by atoms with Gasteiger partial charge in [0.2, 0.25) is 0 Å². The van der Waals surface area contributed by atoms with Gasteiger partial charge >= 0.3 is 6.09 Å². The number of carbonyl (C=O) groups is 1. The third kappa shape index (κ3) is 3.19. The average molecular weight is 357 g/mol. The van der Waals surface area contributed by atoms with Gasteiger partial charge in [-0.05, 0) is 36.1 Å². The molecule has 6 heteroatoms. The van der Waals surface area contributed by atoms with Gasteiger partial charge in [-0.15, -0.1) is 0 Å². The Bertz CT molecular complexity index is 808. The number of nitrogens with zero attached hydrogens (tertiary/aromatic N) is 1. The van der Waals surface area contributed by atoms with E-state index in [1.54, 1.807) is 12.1 Å². The molecule has 0 aliphatic carbocycles. The monoisotopic (exact) mass is 357 g/mol. The fourth-order valence-corrected chi connectivity index (χ4v) is 3.82. The molecule has 136 valence electrons. The molecule has 0 unspecified atom stereocenters. The highest BCUT2D eigenvalue weighted by Crippen LogP contribution is 2.45. The summed E-state index contributed by atoms with van der Waals surface area (Å²) >= 11 is 0. The Kier molecular flexibility index (Phi) is 4.41. The van der Waals surface area contributed by atoms with Gasteiger partial charge < -0.3 is 19.5 Å². The van der Waals surface area contributed by atoms with Crippen LogP contribution in [-0.2, 0) is 6.61 Å². The van der Waals surface area contributed by atoms with Crippen molar-refractivity contribution < 1.29 is 23.8 Å². The molecular weight excluding hydrogens is 337 g/mol. The number of amides is 1. The zero-order valence-electron chi connectivity index (χ0n) is 14.2. The number of hydrogen-bond acceptors (Lipinski definition) is 3. The summed E-state index contributed by atoms with van der Waals surface area (Å²) in [6.07, 6.45) is -0.0511. The van der Waals surface area contributed by atoms with Crippen LogP contribution in [0.2, 0.25) is 0 Å². The number of rotatable bonds is 3. The van der Waals surface area contributed by atoms with E-state index >= 15 is 0 Å². The molecule has 5 nitrogen and oxygen atoms in total. The first-order chi connectivity index (χ1) is 12.6.